The van der Waals surface area contributed by atoms with Gasteiger partial charge in [0.25, 0.3) is 0 Å². The van der Waals surface area contributed by atoms with E-state index in [1.165, 1.54) is 0 Å². The molecule has 1 aromatic heterocycles. The lowest BCUT2D eigenvalue weighted by atomic mass is 10.1. The molecule has 1 heterocycles. The minimum atomic E-state index is 0. The average molecular weight is 559 g/mol. The number of hydrogen-bond acceptors (Lipinski definition) is 5. The van der Waals surface area contributed by atoms with Crippen molar-refractivity contribution in [3.05, 3.63) is 71.9 Å². The van der Waals surface area contributed by atoms with Crippen LogP contribution in [-0.4, -0.2) is 42.0 Å². The Morgan fingerprint density at radius 2 is 1.82 bits per heavy atom. The van der Waals surface area contributed by atoms with Crippen molar-refractivity contribution in [3.63, 3.8) is 0 Å². The molecular weight excluding hydrogens is 529 g/mol. The van der Waals surface area contributed by atoms with Crippen LogP contribution in [0.1, 0.15) is 24.6 Å². The highest BCUT2D eigenvalue weighted by atomic mass is 127. The third kappa shape index (κ3) is 7.68. The lowest BCUT2D eigenvalue weighted by Gasteiger charge is -2.12. The highest BCUT2D eigenvalue weighted by Crippen LogP contribution is 2.21. The van der Waals surface area contributed by atoms with Crippen LogP contribution in [-0.2, 0) is 6.42 Å². The van der Waals surface area contributed by atoms with Crippen molar-refractivity contribution in [2.24, 2.45) is 4.99 Å². The molecule has 33 heavy (non-hydrogen) atoms. The van der Waals surface area contributed by atoms with Crippen LogP contribution in [0.25, 0.3) is 5.69 Å². The molecule has 174 valence electrons. The first kappa shape index (κ1) is 26.0. The van der Waals surface area contributed by atoms with Gasteiger partial charge in [-0.3, -0.25) is 4.99 Å². The number of ether oxygens (including phenoxy) is 1. The first-order chi connectivity index (χ1) is 15.7. The third-order valence-electron chi connectivity index (χ3n) is 4.70. The molecule has 0 fully saturated rings. The summed E-state index contributed by atoms with van der Waals surface area (Å²) in [7, 11) is 0. The van der Waals surface area contributed by atoms with Gasteiger partial charge in [-0.1, -0.05) is 36.4 Å². The number of aromatic nitrogens is 2. The summed E-state index contributed by atoms with van der Waals surface area (Å²) in [4.78, 5) is 4.61. The summed E-state index contributed by atoms with van der Waals surface area (Å²) in [6, 6.07) is 21.5. The zero-order valence-corrected chi connectivity index (χ0v) is 21.0. The van der Waals surface area contributed by atoms with Gasteiger partial charge in [-0.2, -0.15) is 10.4 Å². The van der Waals surface area contributed by atoms with E-state index < -0.39 is 0 Å². The molecule has 0 atom stereocenters. The number of benzene rings is 2. The van der Waals surface area contributed by atoms with E-state index in [0.29, 0.717) is 43.2 Å². The number of halogens is 1. The molecule has 4 N–H and O–H groups in total. The SMILES string of the molecule is CCNC(=NCCCc1nn(-c2ccccc2)c(N)c1C#N)NCCOc1ccccc1.I. The third-order valence-corrected chi connectivity index (χ3v) is 4.70. The number of nitrogens with zero attached hydrogens (tertiary/aromatic N) is 4. The molecule has 0 aliphatic carbocycles. The molecule has 0 unspecified atom stereocenters. The van der Waals surface area contributed by atoms with Gasteiger partial charge in [0.1, 0.15) is 29.8 Å². The number of para-hydroxylation sites is 2. The van der Waals surface area contributed by atoms with Crippen LogP contribution in [0.4, 0.5) is 5.82 Å². The summed E-state index contributed by atoms with van der Waals surface area (Å²) in [5, 5.41) is 20.6. The average Bonchev–Trinajstić information content (AvgIpc) is 3.15. The zero-order chi connectivity index (χ0) is 22.6. The van der Waals surface area contributed by atoms with E-state index >= 15 is 0 Å². The first-order valence-electron chi connectivity index (χ1n) is 10.8. The van der Waals surface area contributed by atoms with Gasteiger partial charge in [0.05, 0.1) is 17.9 Å². The second-order valence-electron chi connectivity index (χ2n) is 7.02. The largest absolute Gasteiger partial charge is 0.492 e. The normalized spacial score (nSPS) is 10.7. The number of anilines is 1. The number of nitrogens with two attached hydrogens (primary N) is 1. The molecule has 0 bridgehead atoms. The summed E-state index contributed by atoms with van der Waals surface area (Å²) in [5.74, 6) is 1.95. The molecule has 0 saturated carbocycles. The molecule has 3 rings (SSSR count). The Bertz CT molecular complexity index is 1050. The lowest BCUT2D eigenvalue weighted by molar-refractivity contribution is 0.322. The molecule has 0 radical (unpaired) electrons. The second kappa shape index (κ2) is 14.0. The van der Waals surface area contributed by atoms with Crippen LogP contribution in [0.2, 0.25) is 0 Å². The van der Waals surface area contributed by atoms with E-state index in [4.69, 9.17) is 10.5 Å². The number of aliphatic imine (C=N–C) groups is 1. The maximum Gasteiger partial charge on any atom is 0.191 e. The minimum Gasteiger partial charge on any atom is -0.492 e. The van der Waals surface area contributed by atoms with Crippen LogP contribution in [0.3, 0.4) is 0 Å². The highest BCUT2D eigenvalue weighted by Gasteiger charge is 2.16. The van der Waals surface area contributed by atoms with Gasteiger partial charge in [-0.05, 0) is 44.0 Å². The molecule has 0 amide bonds. The van der Waals surface area contributed by atoms with Gasteiger partial charge in [0, 0.05) is 13.1 Å². The standard InChI is InChI=1S/C24H29N7O.HI/c1-2-27-24(29-16-17-32-20-12-7-4-8-13-20)28-15-9-14-22-21(18-25)23(26)31(30-22)19-10-5-3-6-11-19;/h3-8,10-13H,2,9,14-17,26H2,1H3,(H2,27,28,29);1H. The van der Waals surface area contributed by atoms with Gasteiger partial charge in [-0.15, -0.1) is 24.0 Å². The number of rotatable bonds is 10. The van der Waals surface area contributed by atoms with Gasteiger partial charge in [-0.25, -0.2) is 4.68 Å². The Morgan fingerprint density at radius 1 is 1.12 bits per heavy atom. The van der Waals surface area contributed by atoms with Crippen molar-refractivity contribution in [2.75, 3.05) is 32.0 Å². The summed E-state index contributed by atoms with van der Waals surface area (Å²) in [6.07, 6.45) is 1.37. The molecule has 0 spiro atoms. The van der Waals surface area contributed by atoms with E-state index in [2.05, 4.69) is 26.8 Å². The van der Waals surface area contributed by atoms with Crippen LogP contribution in [0.5, 0.6) is 5.75 Å². The molecule has 0 aliphatic rings. The summed E-state index contributed by atoms with van der Waals surface area (Å²) < 4.78 is 7.32. The Hall–Kier alpha value is -3.26. The molecule has 0 saturated heterocycles. The Kier molecular flexibility index (Phi) is 11.0. The van der Waals surface area contributed by atoms with Crippen molar-refractivity contribution in [1.29, 1.82) is 5.26 Å². The fourth-order valence-corrected chi connectivity index (χ4v) is 3.18. The van der Waals surface area contributed by atoms with Gasteiger partial charge >= 0.3 is 0 Å². The van der Waals surface area contributed by atoms with Crippen molar-refractivity contribution in [1.82, 2.24) is 20.4 Å². The van der Waals surface area contributed by atoms with Crippen molar-refractivity contribution >= 4 is 35.8 Å². The van der Waals surface area contributed by atoms with E-state index in [9.17, 15) is 5.26 Å². The number of nitrogen functional groups attached to an aromatic ring is 1. The number of aryl methyl sites for hydroxylation is 1. The quantitative estimate of drug-likeness (QED) is 0.152. The number of hydrogen-bond donors (Lipinski definition) is 3. The molecule has 8 nitrogen and oxygen atoms in total. The van der Waals surface area contributed by atoms with Crippen LogP contribution >= 0.6 is 24.0 Å². The lowest BCUT2D eigenvalue weighted by Crippen LogP contribution is -2.39. The zero-order valence-electron chi connectivity index (χ0n) is 18.7. The number of guanidine groups is 1. The van der Waals surface area contributed by atoms with E-state index in [1.54, 1.807) is 4.68 Å². The number of nitrogens with one attached hydrogen (secondary N) is 2. The predicted octanol–water partition coefficient (Wildman–Crippen LogP) is 3.51. The Balaban J connectivity index is 0.00000385. The van der Waals surface area contributed by atoms with Gasteiger partial charge < -0.3 is 21.1 Å². The maximum atomic E-state index is 9.53. The second-order valence-corrected chi connectivity index (χ2v) is 7.02. The molecule has 0 aliphatic heterocycles. The van der Waals surface area contributed by atoms with Crippen LogP contribution < -0.4 is 21.1 Å². The Labute approximate surface area is 211 Å². The minimum absolute atomic E-state index is 0. The molecular formula is C24H30IN7O. The Morgan fingerprint density at radius 3 is 2.48 bits per heavy atom. The van der Waals surface area contributed by atoms with Crippen LogP contribution in [0, 0.1) is 11.3 Å². The van der Waals surface area contributed by atoms with E-state index in [0.717, 1.165) is 30.4 Å². The van der Waals surface area contributed by atoms with Crippen molar-refractivity contribution < 1.29 is 4.74 Å². The fraction of sp³-hybridized carbons (Fsp3) is 0.292. The topological polar surface area (TPSA) is 113 Å². The monoisotopic (exact) mass is 559 g/mol. The van der Waals surface area contributed by atoms with E-state index in [1.807, 2.05) is 67.6 Å². The smallest absolute Gasteiger partial charge is 0.191 e. The summed E-state index contributed by atoms with van der Waals surface area (Å²) in [6.45, 7) is 4.56. The molecule has 2 aromatic carbocycles. The first-order valence-corrected chi connectivity index (χ1v) is 10.8. The van der Waals surface area contributed by atoms with E-state index in [-0.39, 0.29) is 24.0 Å². The highest BCUT2D eigenvalue weighted by molar-refractivity contribution is 14.0. The van der Waals surface area contributed by atoms with Crippen LogP contribution in [0.15, 0.2) is 65.7 Å². The molecule has 3 aromatic rings. The van der Waals surface area contributed by atoms with Gasteiger partial charge in [0.2, 0.25) is 0 Å². The number of nitriles is 1. The van der Waals surface area contributed by atoms with Gasteiger partial charge in [0.15, 0.2) is 5.96 Å². The summed E-state index contributed by atoms with van der Waals surface area (Å²) >= 11 is 0. The summed E-state index contributed by atoms with van der Waals surface area (Å²) in [5.41, 5.74) is 8.13. The fourth-order valence-electron chi connectivity index (χ4n) is 3.18. The maximum absolute atomic E-state index is 9.53. The molecule has 9 heteroatoms. The van der Waals surface area contributed by atoms with Crippen molar-refractivity contribution in [2.45, 2.75) is 19.8 Å². The predicted molar refractivity (Wildman–Crippen MR) is 142 cm³/mol. The van der Waals surface area contributed by atoms with Crippen molar-refractivity contribution in [3.8, 4) is 17.5 Å².